The fraction of sp³-hybridized carbons (Fsp3) is 0.889. The van der Waals surface area contributed by atoms with Crippen LogP contribution in [0, 0.1) is 0 Å². The van der Waals surface area contributed by atoms with Gasteiger partial charge in [-0.05, 0) is 13.3 Å². The van der Waals surface area contributed by atoms with Crippen molar-refractivity contribution in [3.05, 3.63) is 0 Å². The van der Waals surface area contributed by atoms with E-state index in [0.717, 1.165) is 13.3 Å². The summed E-state index contributed by atoms with van der Waals surface area (Å²) in [4.78, 5) is 19.4. The maximum absolute atomic E-state index is 13.4. The van der Waals surface area contributed by atoms with Crippen molar-refractivity contribution in [3.8, 4) is 0 Å². The summed E-state index contributed by atoms with van der Waals surface area (Å²) < 4.78 is 18.1. The van der Waals surface area contributed by atoms with Gasteiger partial charge in [0.1, 0.15) is 0 Å². The molecule has 4 nitrogen and oxygen atoms in total. The molecule has 1 unspecified atom stereocenters. The maximum Gasteiger partial charge on any atom is 0.405 e. The van der Waals surface area contributed by atoms with E-state index in [2.05, 4.69) is 9.78 Å². The minimum atomic E-state index is -2.43. The lowest BCUT2D eigenvalue weighted by Crippen LogP contribution is -2.35. The minimum absolute atomic E-state index is 0.177. The number of halogens is 1. The second kappa shape index (κ2) is 6.73. The van der Waals surface area contributed by atoms with Gasteiger partial charge in [-0.2, -0.15) is 9.28 Å². The lowest BCUT2D eigenvalue weighted by atomic mass is 10.3. The molecule has 0 aromatic heterocycles. The second-order valence-electron chi connectivity index (χ2n) is 2.90. The van der Waals surface area contributed by atoms with Crippen molar-refractivity contribution in [1.29, 1.82) is 0 Å². The molecule has 0 saturated carbocycles. The number of alkyl halides is 1. The zero-order valence-corrected chi connectivity index (χ0v) is 8.84. The van der Waals surface area contributed by atoms with Gasteiger partial charge in [-0.25, -0.2) is 4.79 Å². The fourth-order valence-corrected chi connectivity index (χ4v) is 0.654. The first kappa shape index (κ1) is 13.3. The topological polar surface area (TPSA) is 44.8 Å². The number of hydrogen-bond acceptors (Lipinski definition) is 4. The highest BCUT2D eigenvalue weighted by molar-refractivity contribution is 5.76. The van der Waals surface area contributed by atoms with Gasteiger partial charge >= 0.3 is 11.8 Å². The number of carbonyl (C=O) groups excluding carboxylic acids is 1. The monoisotopic (exact) mass is 208 g/mol. The van der Waals surface area contributed by atoms with E-state index < -0.39 is 11.8 Å². The Morgan fingerprint density at radius 1 is 1.43 bits per heavy atom. The van der Waals surface area contributed by atoms with Crippen molar-refractivity contribution in [2.45, 2.75) is 39.5 Å². The molecule has 0 aromatic carbocycles. The van der Waals surface area contributed by atoms with Crippen molar-refractivity contribution in [3.63, 3.8) is 0 Å². The van der Waals surface area contributed by atoms with Crippen molar-refractivity contribution < 1.29 is 23.7 Å². The highest BCUT2D eigenvalue weighted by Gasteiger charge is 2.37. The van der Waals surface area contributed by atoms with E-state index in [4.69, 9.17) is 4.74 Å². The molecule has 0 fully saturated rings. The summed E-state index contributed by atoms with van der Waals surface area (Å²) in [5, 5.41) is 0. The lowest BCUT2D eigenvalue weighted by Gasteiger charge is -2.17. The van der Waals surface area contributed by atoms with Crippen molar-refractivity contribution in [2.24, 2.45) is 0 Å². The standard InChI is InChI=1S/C9H17FO4/c1-4-6-7-12-9(3,10)8(11)14-13-5-2/h4-7H2,1-3H3. The molecule has 0 aliphatic heterocycles. The van der Waals surface area contributed by atoms with Crippen LogP contribution in [0.15, 0.2) is 0 Å². The van der Waals surface area contributed by atoms with E-state index in [-0.39, 0.29) is 13.2 Å². The third-order valence-corrected chi connectivity index (χ3v) is 1.49. The molecule has 1 atom stereocenters. The smallest absolute Gasteiger partial charge is 0.337 e. The van der Waals surface area contributed by atoms with Crippen molar-refractivity contribution in [1.82, 2.24) is 0 Å². The van der Waals surface area contributed by atoms with Gasteiger partial charge in [-0.1, -0.05) is 13.3 Å². The Labute approximate surface area is 83.3 Å². The van der Waals surface area contributed by atoms with E-state index in [9.17, 15) is 9.18 Å². The van der Waals surface area contributed by atoms with Crippen LogP contribution in [0.25, 0.3) is 0 Å². The van der Waals surface area contributed by atoms with E-state index in [1.807, 2.05) is 6.92 Å². The molecule has 0 bridgehead atoms. The predicted molar refractivity (Wildman–Crippen MR) is 48.1 cm³/mol. The third kappa shape index (κ3) is 5.14. The first-order valence-electron chi connectivity index (χ1n) is 4.71. The second-order valence-corrected chi connectivity index (χ2v) is 2.90. The fourth-order valence-electron chi connectivity index (χ4n) is 0.654. The van der Waals surface area contributed by atoms with Crippen LogP contribution in [0.5, 0.6) is 0 Å². The van der Waals surface area contributed by atoms with Gasteiger partial charge in [0.25, 0.3) is 0 Å². The van der Waals surface area contributed by atoms with Gasteiger partial charge in [0.2, 0.25) is 0 Å². The lowest BCUT2D eigenvalue weighted by molar-refractivity contribution is -0.295. The van der Waals surface area contributed by atoms with Gasteiger partial charge in [0, 0.05) is 6.92 Å². The Morgan fingerprint density at radius 2 is 2.07 bits per heavy atom. The van der Waals surface area contributed by atoms with Crippen LogP contribution < -0.4 is 0 Å². The molecule has 84 valence electrons. The van der Waals surface area contributed by atoms with Crippen LogP contribution in [0.3, 0.4) is 0 Å². The summed E-state index contributed by atoms with van der Waals surface area (Å²) in [6.45, 7) is 4.93. The highest BCUT2D eigenvalue weighted by Crippen LogP contribution is 2.15. The normalized spacial score (nSPS) is 14.9. The zero-order chi connectivity index (χ0) is 11.0. The quantitative estimate of drug-likeness (QED) is 0.364. The molecule has 0 aliphatic carbocycles. The van der Waals surface area contributed by atoms with Gasteiger partial charge in [-0.3, -0.25) is 4.89 Å². The van der Waals surface area contributed by atoms with Crippen LogP contribution >= 0.6 is 0 Å². The number of unbranched alkanes of at least 4 members (excludes halogenated alkanes) is 1. The van der Waals surface area contributed by atoms with E-state index in [0.29, 0.717) is 6.42 Å². The Bertz CT molecular complexity index is 170. The molecule has 0 heterocycles. The molecule has 0 spiro atoms. The molecule has 0 rings (SSSR count). The SMILES string of the molecule is CCCCOC(C)(F)C(=O)OOCC. The van der Waals surface area contributed by atoms with E-state index in [1.165, 1.54) is 0 Å². The maximum atomic E-state index is 13.4. The molecule has 0 saturated heterocycles. The molecule has 0 radical (unpaired) electrons. The molecule has 0 aliphatic rings. The first-order valence-corrected chi connectivity index (χ1v) is 4.71. The average Bonchev–Trinajstić information content (AvgIpc) is 2.14. The molecular weight excluding hydrogens is 191 g/mol. The molecule has 0 aromatic rings. The van der Waals surface area contributed by atoms with Crippen LogP contribution in [-0.4, -0.2) is 25.0 Å². The van der Waals surface area contributed by atoms with Crippen LogP contribution in [0.2, 0.25) is 0 Å². The summed E-state index contributed by atoms with van der Waals surface area (Å²) in [6.07, 6.45) is 1.57. The molecular formula is C9H17FO4. The third-order valence-electron chi connectivity index (χ3n) is 1.49. The Balaban J connectivity index is 3.83. The summed E-state index contributed by atoms with van der Waals surface area (Å²) in [5.41, 5.74) is 0. The van der Waals surface area contributed by atoms with E-state index in [1.54, 1.807) is 6.92 Å². The van der Waals surface area contributed by atoms with Gasteiger partial charge < -0.3 is 4.74 Å². The largest absolute Gasteiger partial charge is 0.405 e. The summed E-state index contributed by atoms with van der Waals surface area (Å²) in [5.74, 6) is -3.58. The average molecular weight is 208 g/mol. The van der Waals surface area contributed by atoms with Crippen LogP contribution in [-0.2, 0) is 19.3 Å². The molecule has 14 heavy (non-hydrogen) atoms. The number of ether oxygens (including phenoxy) is 1. The number of carbonyl (C=O) groups is 1. The highest BCUT2D eigenvalue weighted by atomic mass is 19.2. The summed E-state index contributed by atoms with van der Waals surface area (Å²) in [6, 6.07) is 0. The predicted octanol–water partition coefficient (Wildman–Crippen LogP) is 1.98. The van der Waals surface area contributed by atoms with Crippen LogP contribution in [0.4, 0.5) is 4.39 Å². The van der Waals surface area contributed by atoms with Gasteiger partial charge in [-0.15, -0.1) is 0 Å². The first-order chi connectivity index (χ1) is 6.54. The minimum Gasteiger partial charge on any atom is -0.337 e. The Morgan fingerprint density at radius 3 is 2.57 bits per heavy atom. The zero-order valence-electron chi connectivity index (χ0n) is 8.84. The molecule has 5 heteroatoms. The van der Waals surface area contributed by atoms with Gasteiger partial charge in [0.05, 0.1) is 13.2 Å². The number of rotatable bonds is 7. The van der Waals surface area contributed by atoms with Crippen LogP contribution in [0.1, 0.15) is 33.6 Å². The van der Waals surface area contributed by atoms with E-state index >= 15 is 0 Å². The van der Waals surface area contributed by atoms with Crippen molar-refractivity contribution in [2.75, 3.05) is 13.2 Å². The summed E-state index contributed by atoms with van der Waals surface area (Å²) in [7, 11) is 0. The summed E-state index contributed by atoms with van der Waals surface area (Å²) >= 11 is 0. The number of hydrogen-bond donors (Lipinski definition) is 0. The molecule has 0 N–H and O–H groups in total. The van der Waals surface area contributed by atoms with Crippen molar-refractivity contribution >= 4 is 5.97 Å². The Hall–Kier alpha value is -0.680. The Kier molecular flexibility index (Phi) is 6.40. The molecule has 0 amide bonds. The van der Waals surface area contributed by atoms with Gasteiger partial charge in [0.15, 0.2) is 0 Å².